The molecule has 36 heavy (non-hydrogen) atoms. The average Bonchev–Trinajstić information content (AvgIpc) is 3.27. The summed E-state index contributed by atoms with van der Waals surface area (Å²) in [5, 5.41) is 7.29. The van der Waals surface area contributed by atoms with Crippen LogP contribution in [0.15, 0.2) is 59.6 Å². The molecule has 6 heteroatoms. The fourth-order valence-electron chi connectivity index (χ4n) is 4.89. The standard InChI is InChI=1S/C30H42N6/c1-8-26(27(10-9-21(2)3)35-15-13-31-14-16-35)34-30(6,7)28-11-12-32-29(33-28)36-19-24-17-22(4)23(5)18-25(24)20-36/h8-12,17-18,31,34H,13-16,19-20H2,1-7H3/b26-8+,27-10+. The second-order valence-corrected chi connectivity index (χ2v) is 10.8. The van der Waals surface area contributed by atoms with Crippen LogP contribution in [0.25, 0.3) is 0 Å². The zero-order valence-electron chi connectivity index (χ0n) is 23.1. The summed E-state index contributed by atoms with van der Waals surface area (Å²) in [5.41, 5.74) is 9.69. The van der Waals surface area contributed by atoms with Gasteiger partial charge in [0.05, 0.1) is 22.6 Å². The number of aromatic nitrogens is 2. The first kappa shape index (κ1) is 26.0. The molecule has 1 fully saturated rings. The molecule has 0 spiro atoms. The summed E-state index contributed by atoms with van der Waals surface area (Å²) in [5.74, 6) is 0.790. The van der Waals surface area contributed by atoms with Gasteiger partial charge in [0.1, 0.15) is 0 Å². The van der Waals surface area contributed by atoms with Crippen molar-refractivity contribution in [1.29, 1.82) is 0 Å². The van der Waals surface area contributed by atoms with Crippen LogP contribution in [0.5, 0.6) is 0 Å². The number of hydrogen-bond acceptors (Lipinski definition) is 6. The lowest BCUT2D eigenvalue weighted by atomic mass is 9.99. The summed E-state index contributed by atoms with van der Waals surface area (Å²) >= 11 is 0. The van der Waals surface area contributed by atoms with Crippen molar-refractivity contribution in [3.63, 3.8) is 0 Å². The smallest absolute Gasteiger partial charge is 0.226 e. The normalized spacial score (nSPS) is 16.8. The fourth-order valence-corrected chi connectivity index (χ4v) is 4.89. The van der Waals surface area contributed by atoms with E-state index in [1.165, 1.54) is 33.5 Å². The van der Waals surface area contributed by atoms with Gasteiger partial charge in [-0.05, 0) is 82.9 Å². The highest BCUT2D eigenvalue weighted by Gasteiger charge is 2.28. The van der Waals surface area contributed by atoms with E-state index in [2.05, 4.69) is 104 Å². The fraction of sp³-hybridized carbons (Fsp3) is 0.467. The lowest BCUT2D eigenvalue weighted by molar-refractivity contribution is 0.295. The molecule has 0 unspecified atom stereocenters. The molecule has 0 radical (unpaired) electrons. The third-order valence-electron chi connectivity index (χ3n) is 7.15. The Morgan fingerprint density at radius 2 is 1.67 bits per heavy atom. The number of aryl methyl sites for hydroxylation is 2. The quantitative estimate of drug-likeness (QED) is 0.531. The number of benzene rings is 1. The minimum atomic E-state index is -0.378. The summed E-state index contributed by atoms with van der Waals surface area (Å²) in [6, 6.07) is 6.66. The van der Waals surface area contributed by atoms with Crippen LogP contribution in [-0.4, -0.2) is 41.0 Å². The van der Waals surface area contributed by atoms with Crippen LogP contribution in [0.2, 0.25) is 0 Å². The minimum absolute atomic E-state index is 0.378. The van der Waals surface area contributed by atoms with Crippen LogP contribution in [-0.2, 0) is 18.6 Å². The highest BCUT2D eigenvalue weighted by atomic mass is 15.3. The molecule has 0 saturated carbocycles. The highest BCUT2D eigenvalue weighted by molar-refractivity contribution is 5.47. The average molecular weight is 487 g/mol. The van der Waals surface area contributed by atoms with Crippen molar-refractivity contribution in [2.24, 2.45) is 0 Å². The Hall–Kier alpha value is -3.12. The maximum Gasteiger partial charge on any atom is 0.226 e. The molecule has 6 nitrogen and oxygen atoms in total. The summed E-state index contributed by atoms with van der Waals surface area (Å²) in [6.07, 6.45) is 8.52. The highest BCUT2D eigenvalue weighted by Crippen LogP contribution is 2.30. The van der Waals surface area contributed by atoms with Crippen molar-refractivity contribution in [3.05, 3.63) is 87.5 Å². The Morgan fingerprint density at radius 1 is 1.03 bits per heavy atom. The molecule has 0 aliphatic carbocycles. The Kier molecular flexibility index (Phi) is 7.84. The van der Waals surface area contributed by atoms with E-state index in [0.717, 1.165) is 56.6 Å². The third kappa shape index (κ3) is 5.81. The van der Waals surface area contributed by atoms with Crippen LogP contribution < -0.4 is 15.5 Å². The molecule has 2 aliphatic rings. The lowest BCUT2D eigenvalue weighted by Gasteiger charge is -2.36. The molecular formula is C30H42N6. The second-order valence-electron chi connectivity index (χ2n) is 10.8. The van der Waals surface area contributed by atoms with Crippen LogP contribution >= 0.6 is 0 Å². The molecular weight excluding hydrogens is 444 g/mol. The zero-order valence-corrected chi connectivity index (χ0v) is 23.1. The van der Waals surface area contributed by atoms with E-state index in [4.69, 9.17) is 4.98 Å². The van der Waals surface area contributed by atoms with E-state index in [-0.39, 0.29) is 5.54 Å². The van der Waals surface area contributed by atoms with Gasteiger partial charge in [0, 0.05) is 45.5 Å². The molecule has 0 bridgehead atoms. The summed E-state index contributed by atoms with van der Waals surface area (Å²) in [6.45, 7) is 20.8. The number of allylic oxidation sites excluding steroid dienone is 4. The molecule has 4 rings (SSSR count). The van der Waals surface area contributed by atoms with Crippen LogP contribution in [0.1, 0.15) is 62.6 Å². The van der Waals surface area contributed by atoms with Gasteiger partial charge in [0.25, 0.3) is 0 Å². The van der Waals surface area contributed by atoms with Gasteiger partial charge in [-0.1, -0.05) is 29.9 Å². The van der Waals surface area contributed by atoms with Crippen molar-refractivity contribution in [3.8, 4) is 0 Å². The number of anilines is 1. The van der Waals surface area contributed by atoms with E-state index in [0.29, 0.717) is 0 Å². The van der Waals surface area contributed by atoms with Crippen LogP contribution in [0.3, 0.4) is 0 Å². The van der Waals surface area contributed by atoms with Gasteiger partial charge < -0.3 is 20.4 Å². The Morgan fingerprint density at radius 3 is 2.25 bits per heavy atom. The van der Waals surface area contributed by atoms with Gasteiger partial charge in [-0.15, -0.1) is 0 Å². The van der Waals surface area contributed by atoms with Gasteiger partial charge in [-0.2, -0.15) is 0 Å². The SMILES string of the molecule is C/C=C(NC(C)(C)c1ccnc(N2Cc3cc(C)c(C)cc3C2)n1)\C(=C/C=C(C)C)N1CCNCC1. The molecule has 3 heterocycles. The van der Waals surface area contributed by atoms with Gasteiger partial charge >= 0.3 is 0 Å². The van der Waals surface area contributed by atoms with Crippen molar-refractivity contribution in [2.45, 2.75) is 67.1 Å². The van der Waals surface area contributed by atoms with E-state index in [1.807, 2.05) is 12.3 Å². The maximum atomic E-state index is 5.06. The van der Waals surface area contributed by atoms with Gasteiger partial charge in [-0.3, -0.25) is 0 Å². The molecule has 192 valence electrons. The molecule has 1 saturated heterocycles. The number of hydrogen-bond donors (Lipinski definition) is 2. The van der Waals surface area contributed by atoms with E-state index < -0.39 is 0 Å². The first-order valence-electron chi connectivity index (χ1n) is 13.1. The van der Waals surface area contributed by atoms with Crippen molar-refractivity contribution in [2.75, 3.05) is 31.1 Å². The maximum absolute atomic E-state index is 5.06. The first-order valence-corrected chi connectivity index (χ1v) is 13.1. The summed E-state index contributed by atoms with van der Waals surface area (Å²) in [7, 11) is 0. The van der Waals surface area contributed by atoms with E-state index in [9.17, 15) is 0 Å². The molecule has 0 atom stereocenters. The molecule has 1 aromatic heterocycles. The number of rotatable bonds is 7. The zero-order chi connectivity index (χ0) is 25.9. The van der Waals surface area contributed by atoms with Crippen LogP contribution in [0, 0.1) is 13.8 Å². The van der Waals surface area contributed by atoms with Crippen molar-refractivity contribution < 1.29 is 0 Å². The molecule has 0 amide bonds. The van der Waals surface area contributed by atoms with Gasteiger partial charge in [0.2, 0.25) is 5.95 Å². The Balaban J connectivity index is 1.57. The molecule has 2 N–H and O–H groups in total. The topological polar surface area (TPSA) is 56.3 Å². The lowest BCUT2D eigenvalue weighted by Crippen LogP contribution is -2.46. The summed E-state index contributed by atoms with van der Waals surface area (Å²) in [4.78, 5) is 14.5. The van der Waals surface area contributed by atoms with E-state index >= 15 is 0 Å². The molecule has 1 aromatic carbocycles. The largest absolute Gasteiger partial charge is 0.373 e. The second kappa shape index (κ2) is 10.9. The number of nitrogens with one attached hydrogen (secondary N) is 2. The number of fused-ring (bicyclic) bond motifs is 1. The molecule has 2 aromatic rings. The predicted octanol–water partition coefficient (Wildman–Crippen LogP) is 5.10. The van der Waals surface area contributed by atoms with E-state index in [1.54, 1.807) is 0 Å². The monoisotopic (exact) mass is 486 g/mol. The number of nitrogens with zero attached hydrogens (tertiary/aromatic N) is 4. The van der Waals surface area contributed by atoms with Gasteiger partial charge in [-0.25, -0.2) is 9.97 Å². The Labute approximate surface area is 217 Å². The minimum Gasteiger partial charge on any atom is -0.373 e. The number of piperazine rings is 1. The Bertz CT molecular complexity index is 1150. The predicted molar refractivity (Wildman–Crippen MR) is 150 cm³/mol. The van der Waals surface area contributed by atoms with Crippen LogP contribution in [0.4, 0.5) is 5.95 Å². The van der Waals surface area contributed by atoms with Crippen molar-refractivity contribution in [1.82, 2.24) is 25.5 Å². The third-order valence-corrected chi connectivity index (χ3v) is 7.15. The molecule has 2 aliphatic heterocycles. The van der Waals surface area contributed by atoms with Gasteiger partial charge in [0.15, 0.2) is 0 Å². The van der Waals surface area contributed by atoms with Crippen molar-refractivity contribution >= 4 is 5.95 Å². The first-order chi connectivity index (χ1) is 17.2. The summed E-state index contributed by atoms with van der Waals surface area (Å²) < 4.78 is 0.